The van der Waals surface area contributed by atoms with Gasteiger partial charge in [0.05, 0.1) is 30.7 Å². The average Bonchev–Trinajstić information content (AvgIpc) is 3.67. The predicted octanol–water partition coefficient (Wildman–Crippen LogP) is 3.72. The van der Waals surface area contributed by atoms with E-state index in [1.54, 1.807) is 34.8 Å². The molecule has 3 amide bonds. The van der Waals surface area contributed by atoms with E-state index < -0.39 is 68.4 Å². The van der Waals surface area contributed by atoms with Crippen LogP contribution in [0, 0.1) is 11.8 Å². The number of methoxy groups -OCH3 is 1. The van der Waals surface area contributed by atoms with Crippen LogP contribution >= 0.6 is 8.03 Å². The molecule has 3 atom stereocenters. The van der Waals surface area contributed by atoms with Gasteiger partial charge in [-0.15, -0.1) is 0 Å². The zero-order valence-electron chi connectivity index (χ0n) is 32.4. The van der Waals surface area contributed by atoms with Gasteiger partial charge in [0.25, 0.3) is 5.91 Å². The summed E-state index contributed by atoms with van der Waals surface area (Å²) in [5.74, 6) is -3.36. The smallest absolute Gasteiger partial charge is 0.409 e. The first-order valence-electron chi connectivity index (χ1n) is 18.6. The summed E-state index contributed by atoms with van der Waals surface area (Å²) in [7, 11) is -1.72. The van der Waals surface area contributed by atoms with Crippen LogP contribution in [0.2, 0.25) is 0 Å². The standard InChI is InChI=1S/C37H53N6O11P/c1-7-8-20-51-36(48)42-18-16-41(17-19-42)33(45)29(23-55(49)54-37(52-34(46)24(2)3)53-35(47)25(4)5)39-32(44)28-21-30(43-15-14-27(22-43)50-6)40-31(38-28)26-12-10-9-11-13-26/h9-13,21,24-25,27,29,37,55H,7-8,14-20,22-23H2,1-6H3,(H,39,44)/t27-,29-/m0/s1. The number of rotatable bonds is 17. The Labute approximate surface area is 322 Å². The van der Waals surface area contributed by atoms with E-state index in [1.807, 2.05) is 42.2 Å². The summed E-state index contributed by atoms with van der Waals surface area (Å²) < 4.78 is 40.3. The first-order valence-corrected chi connectivity index (χ1v) is 20.2. The maximum absolute atomic E-state index is 14.1. The molecule has 2 aliphatic rings. The number of carbonyl (C=O) groups is 5. The maximum atomic E-state index is 14.1. The fourth-order valence-corrected chi connectivity index (χ4v) is 6.59. The van der Waals surface area contributed by atoms with Crippen molar-refractivity contribution in [3.8, 4) is 11.4 Å². The normalized spacial score (nSPS) is 17.0. The second-order valence-corrected chi connectivity index (χ2v) is 15.3. The number of nitrogens with one attached hydrogen (secondary N) is 1. The molecular formula is C37H53N6O11P. The van der Waals surface area contributed by atoms with Gasteiger partial charge in [0.15, 0.2) is 5.82 Å². The molecule has 2 saturated heterocycles. The number of piperazine rings is 1. The summed E-state index contributed by atoms with van der Waals surface area (Å²) in [4.78, 5) is 79.7. The summed E-state index contributed by atoms with van der Waals surface area (Å²) in [5, 5.41) is 2.70. The minimum absolute atomic E-state index is 0.0193. The van der Waals surface area contributed by atoms with Crippen LogP contribution in [0.25, 0.3) is 11.4 Å². The number of ether oxygens (including phenoxy) is 4. The van der Waals surface area contributed by atoms with E-state index in [-0.39, 0.29) is 50.4 Å². The van der Waals surface area contributed by atoms with E-state index in [4.69, 9.17) is 28.5 Å². The molecule has 2 aromatic rings. The number of carbonyl (C=O) groups excluding carboxylic acids is 5. The van der Waals surface area contributed by atoms with E-state index in [9.17, 15) is 28.5 Å². The molecule has 0 saturated carbocycles. The Kier molecular flexibility index (Phi) is 16.4. The van der Waals surface area contributed by atoms with Gasteiger partial charge in [-0.2, -0.15) is 0 Å². The Morgan fingerprint density at radius 1 is 0.909 bits per heavy atom. The largest absolute Gasteiger partial charge is 0.449 e. The zero-order valence-corrected chi connectivity index (χ0v) is 33.4. The van der Waals surface area contributed by atoms with Gasteiger partial charge in [-0.05, 0) is 12.8 Å². The first-order chi connectivity index (χ1) is 26.3. The Morgan fingerprint density at radius 3 is 2.13 bits per heavy atom. The predicted molar refractivity (Wildman–Crippen MR) is 201 cm³/mol. The van der Waals surface area contributed by atoms with Gasteiger partial charge < -0.3 is 39.0 Å². The fraction of sp³-hybridized carbons (Fsp3) is 0.595. The molecule has 0 radical (unpaired) electrons. The molecule has 0 aliphatic carbocycles. The Morgan fingerprint density at radius 2 is 1.55 bits per heavy atom. The average molecular weight is 789 g/mol. The van der Waals surface area contributed by atoms with Crippen LogP contribution in [0.1, 0.15) is 64.4 Å². The molecule has 1 aromatic heterocycles. The summed E-state index contributed by atoms with van der Waals surface area (Å²) in [5.41, 5.74) is 0.619. The van der Waals surface area contributed by atoms with Crippen molar-refractivity contribution in [3.63, 3.8) is 0 Å². The number of benzene rings is 1. The molecule has 3 heterocycles. The van der Waals surface area contributed by atoms with Crippen LogP contribution in [-0.2, 0) is 42.4 Å². The second-order valence-electron chi connectivity index (χ2n) is 13.9. The van der Waals surface area contributed by atoms with E-state index in [0.717, 1.165) is 19.3 Å². The summed E-state index contributed by atoms with van der Waals surface area (Å²) in [6.45, 7) is 8.32. The van der Waals surface area contributed by atoms with Crippen molar-refractivity contribution in [3.05, 3.63) is 42.1 Å². The lowest BCUT2D eigenvalue weighted by atomic mass is 10.2. The van der Waals surface area contributed by atoms with Crippen molar-refractivity contribution >= 4 is 43.7 Å². The lowest BCUT2D eigenvalue weighted by Gasteiger charge is -2.36. The lowest BCUT2D eigenvalue weighted by molar-refractivity contribution is -0.238. The van der Waals surface area contributed by atoms with E-state index in [2.05, 4.69) is 10.3 Å². The molecule has 4 rings (SSSR count). The molecule has 0 spiro atoms. The Bertz CT molecular complexity index is 1630. The first kappa shape index (κ1) is 43.1. The third kappa shape index (κ3) is 12.7. The Hall–Kier alpha value is -4.60. The highest BCUT2D eigenvalue weighted by atomic mass is 31.1. The van der Waals surface area contributed by atoms with Gasteiger partial charge in [-0.25, -0.2) is 14.8 Å². The van der Waals surface area contributed by atoms with E-state index in [0.29, 0.717) is 24.5 Å². The Balaban J connectivity index is 1.60. The molecular weight excluding hydrogens is 735 g/mol. The number of anilines is 1. The van der Waals surface area contributed by atoms with E-state index >= 15 is 0 Å². The van der Waals surface area contributed by atoms with Crippen molar-refractivity contribution in [2.24, 2.45) is 11.8 Å². The van der Waals surface area contributed by atoms with Gasteiger partial charge in [-0.1, -0.05) is 71.4 Å². The van der Waals surface area contributed by atoms with Crippen molar-refractivity contribution in [2.45, 2.75) is 72.5 Å². The molecule has 55 heavy (non-hydrogen) atoms. The summed E-state index contributed by atoms with van der Waals surface area (Å²) in [6.07, 6.45) is 1.31. The molecule has 2 fully saturated rings. The van der Waals surface area contributed by atoms with E-state index in [1.165, 1.54) is 15.9 Å². The fourth-order valence-electron chi connectivity index (χ4n) is 5.57. The highest BCUT2D eigenvalue weighted by Gasteiger charge is 2.34. The molecule has 1 aromatic carbocycles. The van der Waals surface area contributed by atoms with Crippen LogP contribution in [0.5, 0.6) is 0 Å². The van der Waals surface area contributed by atoms with Gasteiger partial charge in [0.2, 0.25) is 13.9 Å². The van der Waals surface area contributed by atoms with Crippen molar-refractivity contribution in [1.82, 2.24) is 25.1 Å². The summed E-state index contributed by atoms with van der Waals surface area (Å²) in [6, 6.07) is 9.22. The number of hydrogen-bond acceptors (Lipinski definition) is 14. The monoisotopic (exact) mass is 788 g/mol. The zero-order chi connectivity index (χ0) is 40.1. The van der Waals surface area contributed by atoms with Crippen molar-refractivity contribution < 1.29 is 52.0 Å². The number of unbranched alkanes of at least 4 members (excludes halogenated alkanes) is 1. The number of aromatic nitrogens is 2. The van der Waals surface area contributed by atoms with Crippen LogP contribution in [0.3, 0.4) is 0 Å². The van der Waals surface area contributed by atoms with Gasteiger partial charge in [0.1, 0.15) is 17.6 Å². The molecule has 1 N–H and O–H groups in total. The van der Waals surface area contributed by atoms with Crippen LogP contribution in [0.4, 0.5) is 10.6 Å². The van der Waals surface area contributed by atoms with Gasteiger partial charge in [0, 0.05) is 58.0 Å². The number of nitrogens with zero attached hydrogens (tertiary/aromatic N) is 5. The number of esters is 2. The highest BCUT2D eigenvalue weighted by molar-refractivity contribution is 7.39. The number of amides is 3. The molecule has 18 heteroatoms. The highest BCUT2D eigenvalue weighted by Crippen LogP contribution is 2.29. The van der Waals surface area contributed by atoms with Crippen molar-refractivity contribution in [2.75, 3.05) is 64.0 Å². The SMILES string of the molecule is CCCCOC(=O)N1CCN(C(=O)[C@H](C[PH](=O)OC(OC(=O)C(C)C)OC(=O)C(C)C)NC(=O)c2cc(N3CC[C@H](OC)C3)nc(-c3ccccc3)n2)CC1. The molecule has 2 aliphatic heterocycles. The third-order valence-corrected chi connectivity index (χ3v) is 10.1. The number of hydrogen-bond donors (Lipinski definition) is 1. The quantitative estimate of drug-likeness (QED) is 0.105. The van der Waals surface area contributed by atoms with Crippen LogP contribution in [0.15, 0.2) is 36.4 Å². The topological polar surface area (TPSA) is 196 Å². The second kappa shape index (κ2) is 20.9. The van der Waals surface area contributed by atoms with Gasteiger partial charge >= 0.3 is 24.5 Å². The minimum atomic E-state index is -3.36. The maximum Gasteiger partial charge on any atom is 0.409 e. The van der Waals surface area contributed by atoms with Gasteiger partial charge in [-0.3, -0.25) is 28.3 Å². The molecule has 17 nitrogen and oxygen atoms in total. The van der Waals surface area contributed by atoms with Crippen LogP contribution in [-0.4, -0.2) is 127 Å². The lowest BCUT2D eigenvalue weighted by Crippen LogP contribution is -2.56. The summed E-state index contributed by atoms with van der Waals surface area (Å²) >= 11 is 0. The van der Waals surface area contributed by atoms with Crippen LogP contribution < -0.4 is 10.2 Å². The van der Waals surface area contributed by atoms with Crippen molar-refractivity contribution in [1.29, 1.82) is 0 Å². The minimum Gasteiger partial charge on any atom is -0.449 e. The molecule has 1 unspecified atom stereocenters. The third-order valence-electron chi connectivity index (χ3n) is 8.92. The molecule has 302 valence electrons. The molecule has 0 bridgehead atoms.